The fourth-order valence-electron chi connectivity index (χ4n) is 1.73. The molecule has 0 aliphatic heterocycles. The zero-order valence-corrected chi connectivity index (χ0v) is 11.2. The summed E-state index contributed by atoms with van der Waals surface area (Å²) in [5.41, 5.74) is -0.211. The molecule has 0 aliphatic rings. The molecule has 4 nitrogen and oxygen atoms in total. The van der Waals surface area contributed by atoms with Crippen molar-refractivity contribution in [2.75, 3.05) is 12.4 Å². The molecule has 2 aromatic rings. The van der Waals surface area contributed by atoms with Gasteiger partial charge in [0.2, 0.25) is 5.76 Å². The first kappa shape index (κ1) is 15.0. The summed E-state index contributed by atoms with van der Waals surface area (Å²) in [5.74, 6) is -3.70. The predicted octanol–water partition coefficient (Wildman–Crippen LogP) is 3.66. The van der Waals surface area contributed by atoms with Crippen molar-refractivity contribution in [3.8, 4) is 0 Å². The Balaban J connectivity index is 2.18. The van der Waals surface area contributed by atoms with Gasteiger partial charge in [-0.05, 0) is 19.1 Å². The van der Waals surface area contributed by atoms with Crippen LogP contribution in [0.1, 0.15) is 29.3 Å². The normalized spacial score (nSPS) is 12.0. The van der Waals surface area contributed by atoms with Crippen LogP contribution in [0.4, 0.5) is 18.9 Å². The zero-order chi connectivity index (χ0) is 15.6. The van der Waals surface area contributed by atoms with Crippen LogP contribution in [0.25, 0.3) is 0 Å². The molecule has 21 heavy (non-hydrogen) atoms. The van der Waals surface area contributed by atoms with Crippen LogP contribution >= 0.6 is 0 Å². The third-order valence-corrected chi connectivity index (χ3v) is 2.82. The lowest BCUT2D eigenvalue weighted by Crippen LogP contribution is -2.08. The number of hydrogen-bond donors (Lipinski definition) is 1. The van der Waals surface area contributed by atoms with Crippen molar-refractivity contribution >= 4 is 11.7 Å². The van der Waals surface area contributed by atoms with Gasteiger partial charge in [0.15, 0.2) is 11.6 Å². The first-order valence-corrected chi connectivity index (χ1v) is 6.01. The lowest BCUT2D eigenvalue weighted by atomic mass is 10.2. The summed E-state index contributed by atoms with van der Waals surface area (Å²) in [6.45, 7) is 1.61. The van der Waals surface area contributed by atoms with Crippen molar-refractivity contribution in [3.05, 3.63) is 53.2 Å². The molecule has 1 heterocycles. The van der Waals surface area contributed by atoms with Gasteiger partial charge in [-0.3, -0.25) is 0 Å². The van der Waals surface area contributed by atoms with E-state index in [9.17, 15) is 18.0 Å². The molecule has 0 fully saturated rings. The molecule has 0 bridgehead atoms. The minimum Gasteiger partial charge on any atom is -0.463 e. The average molecular weight is 299 g/mol. The van der Waals surface area contributed by atoms with Crippen LogP contribution in [-0.4, -0.2) is 13.1 Å². The summed E-state index contributed by atoms with van der Waals surface area (Å²) in [4.78, 5) is 11.3. The molecule has 1 aromatic heterocycles. The number of carbonyl (C=O) groups excluding carboxylic acids is 1. The van der Waals surface area contributed by atoms with E-state index in [1.165, 1.54) is 19.2 Å². The summed E-state index contributed by atoms with van der Waals surface area (Å²) >= 11 is 0. The van der Waals surface area contributed by atoms with Crippen molar-refractivity contribution in [2.45, 2.75) is 13.0 Å². The van der Waals surface area contributed by atoms with E-state index in [0.717, 1.165) is 0 Å². The van der Waals surface area contributed by atoms with Crippen molar-refractivity contribution < 1.29 is 27.1 Å². The third-order valence-electron chi connectivity index (χ3n) is 2.82. The third kappa shape index (κ3) is 3.18. The molecule has 0 saturated carbocycles. The minimum absolute atomic E-state index is 0.00749. The highest BCUT2D eigenvalue weighted by atomic mass is 19.2. The van der Waals surface area contributed by atoms with Crippen LogP contribution in [0.2, 0.25) is 0 Å². The molecule has 0 radical (unpaired) electrons. The van der Waals surface area contributed by atoms with Crippen LogP contribution in [-0.2, 0) is 4.74 Å². The van der Waals surface area contributed by atoms with Gasteiger partial charge in [0.1, 0.15) is 11.6 Å². The summed E-state index contributed by atoms with van der Waals surface area (Å²) in [7, 11) is 1.21. The Labute approximate surface area is 118 Å². The molecule has 1 aromatic carbocycles. The van der Waals surface area contributed by atoms with Gasteiger partial charge in [-0.25, -0.2) is 18.0 Å². The number of furan rings is 1. The maximum atomic E-state index is 13.5. The molecule has 7 heteroatoms. The minimum atomic E-state index is -1.27. The highest BCUT2D eigenvalue weighted by molar-refractivity contribution is 5.86. The molecule has 2 rings (SSSR count). The van der Waals surface area contributed by atoms with E-state index in [4.69, 9.17) is 4.42 Å². The Hall–Kier alpha value is -2.44. The Bertz CT molecular complexity index is 669. The van der Waals surface area contributed by atoms with Gasteiger partial charge >= 0.3 is 5.97 Å². The number of halogens is 3. The topological polar surface area (TPSA) is 51.5 Å². The number of hydrogen-bond acceptors (Lipinski definition) is 4. The van der Waals surface area contributed by atoms with Gasteiger partial charge in [-0.1, -0.05) is 0 Å². The fourth-order valence-corrected chi connectivity index (χ4v) is 1.73. The van der Waals surface area contributed by atoms with Gasteiger partial charge < -0.3 is 14.5 Å². The van der Waals surface area contributed by atoms with E-state index in [2.05, 4.69) is 10.1 Å². The lowest BCUT2D eigenvalue weighted by molar-refractivity contribution is 0.0562. The first-order valence-electron chi connectivity index (χ1n) is 6.01. The van der Waals surface area contributed by atoms with Crippen LogP contribution in [0.5, 0.6) is 0 Å². The second-order valence-electron chi connectivity index (χ2n) is 4.31. The molecule has 112 valence electrons. The van der Waals surface area contributed by atoms with E-state index in [1.807, 2.05) is 0 Å². The number of ether oxygens (including phenoxy) is 1. The predicted molar refractivity (Wildman–Crippen MR) is 68.4 cm³/mol. The largest absolute Gasteiger partial charge is 0.463 e. The monoisotopic (exact) mass is 299 g/mol. The molecule has 0 spiro atoms. The summed E-state index contributed by atoms with van der Waals surface area (Å²) < 4.78 is 49.2. The second-order valence-corrected chi connectivity index (χ2v) is 4.31. The van der Waals surface area contributed by atoms with Gasteiger partial charge in [0.05, 0.1) is 18.8 Å². The van der Waals surface area contributed by atoms with Crippen LogP contribution < -0.4 is 5.32 Å². The molecule has 0 amide bonds. The smallest absolute Gasteiger partial charge is 0.373 e. The van der Waals surface area contributed by atoms with Gasteiger partial charge in [-0.2, -0.15) is 0 Å². The standard InChI is InChI=1S/C14H12F3NO3/c1-7(12-3-4-13(21-12)14(19)20-2)18-11-6-9(16)8(15)5-10(11)17/h3-7,18H,1-2H3. The van der Waals surface area contributed by atoms with Crippen LogP contribution in [0, 0.1) is 17.5 Å². The number of rotatable bonds is 4. The number of methoxy groups -OCH3 is 1. The lowest BCUT2D eigenvalue weighted by Gasteiger charge is -2.13. The van der Waals surface area contributed by atoms with E-state index < -0.39 is 29.5 Å². The number of anilines is 1. The number of benzene rings is 1. The first-order chi connectivity index (χ1) is 9.92. The van der Waals surface area contributed by atoms with Crippen LogP contribution in [0.3, 0.4) is 0 Å². The second kappa shape index (κ2) is 5.90. The molecule has 1 N–H and O–H groups in total. The molecular formula is C14H12F3NO3. The Morgan fingerprint density at radius 3 is 2.52 bits per heavy atom. The summed E-state index contributed by atoms with van der Waals surface area (Å²) in [6.07, 6.45) is 0. The highest BCUT2D eigenvalue weighted by Crippen LogP contribution is 2.25. The Morgan fingerprint density at radius 1 is 1.19 bits per heavy atom. The van der Waals surface area contributed by atoms with Gasteiger partial charge in [0.25, 0.3) is 0 Å². The maximum Gasteiger partial charge on any atom is 0.373 e. The molecular weight excluding hydrogens is 287 g/mol. The van der Waals surface area contributed by atoms with E-state index >= 15 is 0 Å². The van der Waals surface area contributed by atoms with Gasteiger partial charge in [0, 0.05) is 12.1 Å². The van der Waals surface area contributed by atoms with E-state index in [1.54, 1.807) is 6.92 Å². The zero-order valence-electron chi connectivity index (χ0n) is 11.2. The quantitative estimate of drug-likeness (QED) is 0.691. The van der Waals surface area contributed by atoms with Crippen LogP contribution in [0.15, 0.2) is 28.7 Å². The van der Waals surface area contributed by atoms with Crippen molar-refractivity contribution in [1.29, 1.82) is 0 Å². The van der Waals surface area contributed by atoms with E-state index in [-0.39, 0.29) is 11.4 Å². The summed E-state index contributed by atoms with van der Waals surface area (Å²) in [6, 6.07) is 3.50. The molecule has 0 saturated heterocycles. The number of esters is 1. The van der Waals surface area contributed by atoms with Crippen molar-refractivity contribution in [3.63, 3.8) is 0 Å². The average Bonchev–Trinajstić information content (AvgIpc) is 2.93. The number of nitrogens with one attached hydrogen (secondary N) is 1. The van der Waals surface area contributed by atoms with Crippen molar-refractivity contribution in [2.24, 2.45) is 0 Å². The fraction of sp³-hybridized carbons (Fsp3) is 0.214. The Kier molecular flexibility index (Phi) is 4.21. The number of carbonyl (C=O) groups is 1. The summed E-state index contributed by atoms with van der Waals surface area (Å²) in [5, 5.41) is 2.64. The maximum absolute atomic E-state index is 13.5. The van der Waals surface area contributed by atoms with Gasteiger partial charge in [-0.15, -0.1) is 0 Å². The van der Waals surface area contributed by atoms with Crippen molar-refractivity contribution in [1.82, 2.24) is 0 Å². The molecule has 1 unspecified atom stereocenters. The Morgan fingerprint density at radius 2 is 1.86 bits per heavy atom. The SMILES string of the molecule is COC(=O)c1ccc(C(C)Nc2cc(F)c(F)cc2F)o1. The molecule has 0 aliphatic carbocycles. The van der Waals surface area contributed by atoms with E-state index in [0.29, 0.717) is 17.9 Å². The highest BCUT2D eigenvalue weighted by Gasteiger charge is 2.17. The molecule has 1 atom stereocenters.